The summed E-state index contributed by atoms with van der Waals surface area (Å²) >= 11 is 1.47. The van der Waals surface area contributed by atoms with Gasteiger partial charge in [0.1, 0.15) is 11.6 Å². The van der Waals surface area contributed by atoms with E-state index in [2.05, 4.69) is 0 Å². The van der Waals surface area contributed by atoms with Crippen molar-refractivity contribution >= 4 is 29.2 Å². The minimum atomic E-state index is -0.761. The van der Waals surface area contributed by atoms with Crippen molar-refractivity contribution in [2.45, 2.75) is 0 Å². The summed E-state index contributed by atoms with van der Waals surface area (Å²) in [4.78, 5) is 25.1. The molecule has 0 aliphatic heterocycles. The molecular weight excluding hydrogens is 331 g/mol. The Morgan fingerprint density at radius 1 is 1.17 bits per heavy atom. The smallest absolute Gasteiger partial charge is 0.379 e. The Morgan fingerprint density at radius 2 is 2.04 bits per heavy atom. The van der Waals surface area contributed by atoms with Gasteiger partial charge in [-0.2, -0.15) is 0 Å². The third kappa shape index (κ3) is 3.67. The predicted octanol–water partition coefficient (Wildman–Crippen LogP) is 4.60. The highest BCUT2D eigenvalue weighted by Gasteiger charge is 2.17. The quantitative estimate of drug-likeness (QED) is 0.294. The van der Waals surface area contributed by atoms with Gasteiger partial charge in [-0.25, -0.2) is 9.18 Å². The maximum Gasteiger partial charge on any atom is 0.379 e. The molecule has 0 amide bonds. The minimum Gasteiger partial charge on any atom is -0.457 e. The summed E-state index contributed by atoms with van der Waals surface area (Å²) in [5.41, 5.74) is -0.0392. The minimum absolute atomic E-state index is 0.00754. The summed E-state index contributed by atoms with van der Waals surface area (Å²) in [5, 5.41) is 1.88. The molecule has 0 bridgehead atoms. The SMILES string of the molecule is O=C(Oc1ccc(F)cc1C(=O)C=Cc1cccs1)c1ccco1. The zero-order valence-corrected chi connectivity index (χ0v) is 13.1. The van der Waals surface area contributed by atoms with Crippen LogP contribution in [0.3, 0.4) is 0 Å². The first-order chi connectivity index (χ1) is 11.6. The van der Waals surface area contributed by atoms with E-state index in [1.807, 2.05) is 17.5 Å². The number of carbonyl (C=O) groups is 2. The van der Waals surface area contributed by atoms with Gasteiger partial charge in [-0.3, -0.25) is 4.79 Å². The third-order valence-corrected chi connectivity index (χ3v) is 3.91. The molecule has 6 heteroatoms. The van der Waals surface area contributed by atoms with E-state index in [4.69, 9.17) is 9.15 Å². The van der Waals surface area contributed by atoms with Gasteiger partial charge in [0.15, 0.2) is 5.78 Å². The van der Waals surface area contributed by atoms with E-state index in [0.29, 0.717) is 0 Å². The average Bonchev–Trinajstić information content (AvgIpc) is 3.27. The molecule has 0 atom stereocenters. The zero-order chi connectivity index (χ0) is 16.9. The highest BCUT2D eigenvalue weighted by atomic mass is 32.1. The fourth-order valence-corrected chi connectivity index (χ4v) is 2.58. The van der Waals surface area contributed by atoms with Crippen LogP contribution in [0.4, 0.5) is 4.39 Å². The number of hydrogen-bond acceptors (Lipinski definition) is 5. The molecule has 0 saturated carbocycles. The number of ketones is 1. The van der Waals surface area contributed by atoms with Crippen molar-refractivity contribution in [3.05, 3.63) is 82.2 Å². The standard InChI is InChI=1S/C18H11FO4S/c19-12-5-8-16(23-18(21)17-4-1-9-22-17)14(11-12)15(20)7-6-13-3-2-10-24-13/h1-11H. The Bertz CT molecular complexity index is 880. The van der Waals surface area contributed by atoms with Crippen LogP contribution in [0.5, 0.6) is 5.75 Å². The highest BCUT2D eigenvalue weighted by molar-refractivity contribution is 7.10. The normalized spacial score (nSPS) is 10.9. The van der Waals surface area contributed by atoms with Crippen LogP contribution in [0.1, 0.15) is 25.8 Å². The molecular formula is C18H11FO4S. The molecule has 120 valence electrons. The van der Waals surface area contributed by atoms with Gasteiger partial charge >= 0.3 is 5.97 Å². The Balaban J connectivity index is 1.85. The van der Waals surface area contributed by atoms with Crippen molar-refractivity contribution in [1.29, 1.82) is 0 Å². The number of allylic oxidation sites excluding steroid dienone is 1. The first-order valence-corrected chi connectivity index (χ1v) is 7.82. The molecule has 0 radical (unpaired) electrons. The molecule has 3 aromatic rings. The van der Waals surface area contributed by atoms with Crippen LogP contribution in [-0.4, -0.2) is 11.8 Å². The van der Waals surface area contributed by atoms with Crippen LogP contribution in [0, 0.1) is 5.82 Å². The molecule has 0 spiro atoms. The summed E-state index contributed by atoms with van der Waals surface area (Å²) in [5.74, 6) is -1.86. The number of hydrogen-bond donors (Lipinski definition) is 0. The topological polar surface area (TPSA) is 56.5 Å². The summed E-state index contributed by atoms with van der Waals surface area (Å²) in [6.45, 7) is 0. The number of halogens is 1. The Morgan fingerprint density at radius 3 is 2.75 bits per heavy atom. The van der Waals surface area contributed by atoms with Crippen molar-refractivity contribution in [1.82, 2.24) is 0 Å². The largest absolute Gasteiger partial charge is 0.457 e. The predicted molar refractivity (Wildman–Crippen MR) is 87.8 cm³/mol. The summed E-state index contributed by atoms with van der Waals surface area (Å²) in [6, 6.07) is 10.1. The maximum absolute atomic E-state index is 13.5. The summed E-state index contributed by atoms with van der Waals surface area (Å²) < 4.78 is 23.6. The number of esters is 1. The van der Waals surface area contributed by atoms with Gasteiger partial charge in [-0.15, -0.1) is 11.3 Å². The highest BCUT2D eigenvalue weighted by Crippen LogP contribution is 2.23. The molecule has 0 aliphatic carbocycles. The Kier molecular flexibility index (Phi) is 4.67. The molecule has 2 aromatic heterocycles. The molecule has 0 fully saturated rings. The average molecular weight is 342 g/mol. The summed E-state index contributed by atoms with van der Waals surface area (Å²) in [6.07, 6.45) is 4.26. The van der Waals surface area contributed by atoms with Crippen LogP contribution in [-0.2, 0) is 0 Å². The van der Waals surface area contributed by atoms with Gasteiger partial charge in [-0.1, -0.05) is 6.07 Å². The Labute approximate surface area is 140 Å². The first kappa shape index (κ1) is 15.9. The van der Waals surface area contributed by atoms with Crippen LogP contribution in [0.2, 0.25) is 0 Å². The molecule has 24 heavy (non-hydrogen) atoms. The van der Waals surface area contributed by atoms with Crippen molar-refractivity contribution in [3.63, 3.8) is 0 Å². The van der Waals surface area contributed by atoms with Crippen LogP contribution < -0.4 is 4.74 Å². The maximum atomic E-state index is 13.5. The van der Waals surface area contributed by atoms with Crippen LogP contribution in [0.15, 0.2) is 64.6 Å². The van der Waals surface area contributed by atoms with E-state index < -0.39 is 17.6 Å². The molecule has 0 N–H and O–H groups in total. The zero-order valence-electron chi connectivity index (χ0n) is 12.3. The lowest BCUT2D eigenvalue weighted by Gasteiger charge is -2.07. The van der Waals surface area contributed by atoms with Gasteiger partial charge in [0.2, 0.25) is 5.76 Å². The fraction of sp³-hybridized carbons (Fsp3) is 0. The number of benzene rings is 1. The van der Waals surface area contributed by atoms with Crippen LogP contribution >= 0.6 is 11.3 Å². The van der Waals surface area contributed by atoms with Crippen LogP contribution in [0.25, 0.3) is 6.08 Å². The number of thiophene rings is 1. The number of rotatable bonds is 5. The second-order valence-corrected chi connectivity index (χ2v) is 5.70. The molecule has 1 aromatic carbocycles. The monoisotopic (exact) mass is 342 g/mol. The lowest BCUT2D eigenvalue weighted by molar-refractivity contribution is 0.0699. The number of carbonyl (C=O) groups excluding carboxylic acids is 2. The van der Waals surface area contributed by atoms with Gasteiger partial charge < -0.3 is 9.15 Å². The first-order valence-electron chi connectivity index (χ1n) is 6.94. The molecule has 3 rings (SSSR count). The lowest BCUT2D eigenvalue weighted by atomic mass is 10.1. The molecule has 4 nitrogen and oxygen atoms in total. The second-order valence-electron chi connectivity index (χ2n) is 4.72. The lowest BCUT2D eigenvalue weighted by Crippen LogP contribution is -2.10. The summed E-state index contributed by atoms with van der Waals surface area (Å²) in [7, 11) is 0. The van der Waals surface area contributed by atoms with E-state index >= 15 is 0 Å². The number of ether oxygens (including phenoxy) is 1. The number of furan rings is 1. The van der Waals surface area contributed by atoms with E-state index in [9.17, 15) is 14.0 Å². The van der Waals surface area contributed by atoms with Crippen molar-refractivity contribution in [2.24, 2.45) is 0 Å². The van der Waals surface area contributed by atoms with Crippen molar-refractivity contribution in [3.8, 4) is 5.75 Å². The van der Waals surface area contributed by atoms with Gasteiger partial charge in [-0.05, 0) is 53.9 Å². The van der Waals surface area contributed by atoms with Crippen molar-refractivity contribution < 1.29 is 23.1 Å². The van der Waals surface area contributed by atoms with Crippen molar-refractivity contribution in [2.75, 3.05) is 0 Å². The van der Waals surface area contributed by atoms with Gasteiger partial charge in [0.25, 0.3) is 0 Å². The fourth-order valence-electron chi connectivity index (χ4n) is 1.96. The second kappa shape index (κ2) is 7.06. The Hall–Kier alpha value is -2.99. The molecule has 2 heterocycles. The third-order valence-electron chi connectivity index (χ3n) is 3.07. The molecule has 0 unspecified atom stereocenters. The van der Waals surface area contributed by atoms with E-state index in [-0.39, 0.29) is 17.1 Å². The van der Waals surface area contributed by atoms with E-state index in [1.165, 1.54) is 41.9 Å². The van der Waals surface area contributed by atoms with E-state index in [0.717, 1.165) is 17.0 Å². The van der Waals surface area contributed by atoms with E-state index in [1.54, 1.807) is 6.08 Å². The van der Waals surface area contributed by atoms with Gasteiger partial charge in [0.05, 0.1) is 11.8 Å². The van der Waals surface area contributed by atoms with Gasteiger partial charge in [0, 0.05) is 4.88 Å². The molecule has 0 saturated heterocycles. The molecule has 0 aliphatic rings.